The Kier molecular flexibility index (Phi) is 10.0. The van der Waals surface area contributed by atoms with Crippen molar-refractivity contribution in [2.75, 3.05) is 11.4 Å². The van der Waals surface area contributed by atoms with Crippen molar-refractivity contribution < 1.29 is 24.1 Å². The van der Waals surface area contributed by atoms with E-state index < -0.39 is 0 Å². The monoisotopic (exact) mass is 1050 g/mol. The van der Waals surface area contributed by atoms with Crippen molar-refractivity contribution in [3.05, 3.63) is 221 Å². The number of imidazole rings is 1. The van der Waals surface area contributed by atoms with E-state index in [4.69, 9.17) is 9.72 Å². The molecule has 0 radical (unpaired) electrons. The molecule has 0 fully saturated rings. The minimum absolute atomic E-state index is 0.0386. The number of hydrogen-bond acceptors (Lipinski definition) is 3. The molecule has 0 saturated heterocycles. The molecule has 3 aromatic heterocycles. The zero-order valence-corrected chi connectivity index (χ0v) is 39.6. The van der Waals surface area contributed by atoms with Gasteiger partial charge in [0.15, 0.2) is 0 Å². The summed E-state index contributed by atoms with van der Waals surface area (Å²) in [5.74, 6) is 2.04. The van der Waals surface area contributed by atoms with Gasteiger partial charge in [0.25, 0.3) is 0 Å². The van der Waals surface area contributed by atoms with Crippen molar-refractivity contribution >= 4 is 44.2 Å². The fourth-order valence-electron chi connectivity index (χ4n) is 9.81. The van der Waals surface area contributed by atoms with E-state index in [9.17, 15) is 0 Å². The number of fused-ring (bicyclic) bond motifs is 5. The SMILES string of the molecule is CC(C)(C)c1ccnc(-n2c3[c-]c(Oc4[c-]c5c(cc4)N(c4ccccc4)CCc4cccc6c4n-5[c](=[Pt])n6-c4c(-c5ccccc5)cccc4-c4ccccc4)ccc3c3ccccc32)c1. The number of anilines is 2. The first kappa shape index (κ1) is 40.9. The van der Waals surface area contributed by atoms with Crippen molar-refractivity contribution in [2.45, 2.75) is 32.6 Å². The minimum atomic E-state index is -0.0386. The molecule has 1 aliphatic heterocycles. The third-order valence-electron chi connectivity index (χ3n) is 13.0. The predicted molar refractivity (Wildman–Crippen MR) is 269 cm³/mol. The molecule has 0 N–H and O–H groups in total. The summed E-state index contributed by atoms with van der Waals surface area (Å²) in [6.07, 6.45) is 2.75. The van der Waals surface area contributed by atoms with Crippen LogP contribution < -0.4 is 9.64 Å². The first-order chi connectivity index (χ1) is 32.8. The molecule has 0 bridgehead atoms. The molecule has 1 aliphatic rings. The van der Waals surface area contributed by atoms with Crippen LogP contribution in [0.3, 0.4) is 0 Å². The molecular formula is C60H45N5OPt-2. The van der Waals surface area contributed by atoms with E-state index in [0.717, 1.165) is 100 Å². The van der Waals surface area contributed by atoms with E-state index in [0.29, 0.717) is 11.5 Å². The second-order valence-electron chi connectivity index (χ2n) is 18.1. The van der Waals surface area contributed by atoms with Gasteiger partial charge in [-0.15, -0.1) is 0 Å². The van der Waals surface area contributed by atoms with Crippen molar-refractivity contribution in [3.63, 3.8) is 0 Å². The number of ether oxygens (including phenoxy) is 1. The van der Waals surface area contributed by atoms with Crippen LogP contribution in [0.2, 0.25) is 0 Å². The molecule has 7 heteroatoms. The van der Waals surface area contributed by atoms with Crippen LogP contribution in [0.15, 0.2) is 194 Å². The summed E-state index contributed by atoms with van der Waals surface area (Å²) in [5.41, 5.74) is 15.5. The zero-order valence-electron chi connectivity index (χ0n) is 37.3. The predicted octanol–water partition coefficient (Wildman–Crippen LogP) is 14.7. The Labute approximate surface area is 401 Å². The molecule has 67 heavy (non-hydrogen) atoms. The van der Waals surface area contributed by atoms with Gasteiger partial charge >= 0.3 is 347 Å². The first-order valence-corrected chi connectivity index (χ1v) is 23.9. The molecule has 328 valence electrons. The molecule has 11 aromatic rings. The molecule has 0 saturated carbocycles. The molecule has 4 heterocycles. The number of rotatable bonds is 7. The molecule has 0 atom stereocenters. The third-order valence-corrected chi connectivity index (χ3v) is 14.0. The molecule has 12 rings (SSSR count). The number of nitrogens with zero attached hydrogens (tertiary/aromatic N) is 5. The van der Waals surface area contributed by atoms with Gasteiger partial charge in [-0.1, -0.05) is 32.9 Å². The van der Waals surface area contributed by atoms with Gasteiger partial charge in [-0.3, -0.25) is 0 Å². The Bertz CT molecular complexity index is 3670. The second kappa shape index (κ2) is 16.4. The van der Waals surface area contributed by atoms with Crippen LogP contribution in [-0.2, 0) is 31.2 Å². The Morgan fingerprint density at radius 3 is 1.96 bits per heavy atom. The van der Waals surface area contributed by atoms with Crippen molar-refractivity contribution in [3.8, 4) is 50.9 Å². The van der Waals surface area contributed by atoms with E-state index >= 15 is 0 Å². The summed E-state index contributed by atoms with van der Waals surface area (Å²) in [7, 11) is 0. The van der Waals surface area contributed by atoms with Crippen molar-refractivity contribution in [2.24, 2.45) is 0 Å². The van der Waals surface area contributed by atoms with E-state index in [1.807, 2.05) is 18.3 Å². The number of aromatic nitrogens is 4. The maximum atomic E-state index is 6.91. The van der Waals surface area contributed by atoms with Gasteiger partial charge in [0.2, 0.25) is 0 Å². The molecule has 0 amide bonds. The van der Waals surface area contributed by atoms with E-state index in [2.05, 4.69) is 247 Å². The number of para-hydroxylation sites is 4. The van der Waals surface area contributed by atoms with Gasteiger partial charge in [0.05, 0.1) is 0 Å². The fraction of sp³-hybridized carbons (Fsp3) is 0.100. The molecular weight excluding hydrogens is 1000 g/mol. The normalized spacial score (nSPS) is 12.6. The molecule has 6 nitrogen and oxygen atoms in total. The van der Waals surface area contributed by atoms with Gasteiger partial charge < -0.3 is 0 Å². The van der Waals surface area contributed by atoms with Crippen molar-refractivity contribution in [1.82, 2.24) is 18.7 Å². The van der Waals surface area contributed by atoms with Gasteiger partial charge in [0, 0.05) is 6.20 Å². The summed E-state index contributed by atoms with van der Waals surface area (Å²) in [4.78, 5) is 7.32. The van der Waals surface area contributed by atoms with Gasteiger partial charge in [-0.2, -0.15) is 0 Å². The molecule has 0 spiro atoms. The summed E-state index contributed by atoms with van der Waals surface area (Å²) >= 11 is 2.54. The number of pyridine rings is 1. The molecule has 8 aromatic carbocycles. The first-order valence-electron chi connectivity index (χ1n) is 22.7. The van der Waals surface area contributed by atoms with Crippen LogP contribution in [0.5, 0.6) is 11.5 Å². The van der Waals surface area contributed by atoms with Crippen LogP contribution in [0.25, 0.3) is 72.3 Å². The van der Waals surface area contributed by atoms with Crippen molar-refractivity contribution in [1.29, 1.82) is 0 Å². The van der Waals surface area contributed by atoms with Gasteiger partial charge in [-0.25, -0.2) is 0 Å². The Morgan fingerprint density at radius 2 is 1.22 bits per heavy atom. The third kappa shape index (κ3) is 7.06. The average Bonchev–Trinajstić information content (AvgIpc) is 3.85. The van der Waals surface area contributed by atoms with Gasteiger partial charge in [-0.05, 0) is 17.0 Å². The zero-order chi connectivity index (χ0) is 45.2. The fourth-order valence-corrected chi connectivity index (χ4v) is 10.8. The quantitative estimate of drug-likeness (QED) is 0.149. The van der Waals surface area contributed by atoms with Crippen LogP contribution in [0.1, 0.15) is 31.9 Å². The Morgan fingerprint density at radius 1 is 0.582 bits per heavy atom. The van der Waals surface area contributed by atoms with Crippen LogP contribution in [-0.4, -0.2) is 25.2 Å². The average molecular weight is 1050 g/mol. The van der Waals surface area contributed by atoms with Crippen LogP contribution in [0, 0.1) is 15.9 Å². The van der Waals surface area contributed by atoms with Crippen LogP contribution in [0.4, 0.5) is 11.4 Å². The Balaban J connectivity index is 1.08. The maximum absolute atomic E-state index is 6.91. The summed E-state index contributed by atoms with van der Waals surface area (Å²) < 4.78 is 15.0. The summed E-state index contributed by atoms with van der Waals surface area (Å²) in [6.45, 7) is 7.48. The molecule has 0 aliphatic carbocycles. The van der Waals surface area contributed by atoms with Gasteiger partial charge in [0.1, 0.15) is 0 Å². The van der Waals surface area contributed by atoms with E-state index in [-0.39, 0.29) is 5.41 Å². The standard InChI is InChI=1S/C60H45N5O.Pt/c1-60(2,3)44-33-35-61-57(37-44)65-52-27-14-13-24-50(52)51-31-29-46(38-55(51)65)66-47-30-32-53-56(39-47)64-40-63(54-28-15-21-43(58(54)64)34-36-62(53)45-22-11-6-12-23-45)59-48(41-17-7-4-8-18-41)25-16-26-49(59)42-19-9-5-10-20-42;/h4-33,35,37H,34,36H2,1-3H3;/q-2;. The number of hydrogen-bond donors (Lipinski definition) is 0. The number of benzene rings is 8. The molecule has 0 unspecified atom stereocenters. The Hall–Kier alpha value is -7.53. The summed E-state index contributed by atoms with van der Waals surface area (Å²) in [6, 6.07) is 74.3. The topological polar surface area (TPSA) is 40.1 Å². The van der Waals surface area contributed by atoms with Crippen LogP contribution >= 0.6 is 0 Å². The second-order valence-corrected chi connectivity index (χ2v) is 19.1. The summed E-state index contributed by atoms with van der Waals surface area (Å²) in [5, 5.41) is 2.22. The van der Waals surface area contributed by atoms with E-state index in [1.54, 1.807) is 0 Å². The van der Waals surface area contributed by atoms with E-state index in [1.165, 1.54) is 11.1 Å².